The molecular weight excluding hydrogens is 413 g/mol. The van der Waals surface area contributed by atoms with Crippen LogP contribution in [-0.2, 0) is 17.8 Å². The molecule has 0 bridgehead atoms. The number of ether oxygens (including phenoxy) is 3. The summed E-state index contributed by atoms with van der Waals surface area (Å²) in [6.45, 7) is 3.13. The summed E-state index contributed by atoms with van der Waals surface area (Å²) in [6, 6.07) is 10.1. The van der Waals surface area contributed by atoms with E-state index in [4.69, 9.17) is 14.2 Å². The predicted octanol–water partition coefficient (Wildman–Crippen LogP) is 3.30. The van der Waals surface area contributed by atoms with E-state index in [1.807, 2.05) is 13.0 Å². The number of benzene rings is 1. The van der Waals surface area contributed by atoms with Gasteiger partial charge in [-0.25, -0.2) is 9.98 Å². The predicted molar refractivity (Wildman–Crippen MR) is 111 cm³/mol. The molecule has 2 N–H and O–H groups in total. The van der Waals surface area contributed by atoms with E-state index >= 15 is 0 Å². The lowest BCUT2D eigenvalue weighted by Gasteiger charge is -2.12. The van der Waals surface area contributed by atoms with Crippen molar-refractivity contribution in [2.75, 3.05) is 33.5 Å². The molecule has 1 aromatic carbocycles. The Balaban J connectivity index is 1.85. The van der Waals surface area contributed by atoms with Crippen molar-refractivity contribution in [3.05, 3.63) is 53.7 Å². The fourth-order valence-electron chi connectivity index (χ4n) is 2.39. The van der Waals surface area contributed by atoms with Gasteiger partial charge < -0.3 is 24.8 Å². The Morgan fingerprint density at radius 2 is 1.74 bits per heavy atom. The van der Waals surface area contributed by atoms with Gasteiger partial charge in [0.05, 0.1) is 13.2 Å². The number of aromatic nitrogens is 1. The fourth-order valence-corrected chi connectivity index (χ4v) is 2.39. The number of nitrogens with one attached hydrogen (secondary N) is 2. The van der Waals surface area contributed by atoms with Crippen LogP contribution in [0.3, 0.4) is 0 Å². The van der Waals surface area contributed by atoms with E-state index < -0.39 is 12.8 Å². The van der Waals surface area contributed by atoms with Gasteiger partial charge in [-0.1, -0.05) is 18.2 Å². The molecule has 0 unspecified atom stereocenters. The van der Waals surface area contributed by atoms with Crippen molar-refractivity contribution < 1.29 is 27.4 Å². The molecule has 0 aliphatic heterocycles. The Kier molecular flexibility index (Phi) is 9.89. The smallest absolute Gasteiger partial charge is 0.422 e. The summed E-state index contributed by atoms with van der Waals surface area (Å²) >= 11 is 0. The molecule has 170 valence electrons. The van der Waals surface area contributed by atoms with Crippen LogP contribution in [0.25, 0.3) is 0 Å². The van der Waals surface area contributed by atoms with Gasteiger partial charge in [0, 0.05) is 32.5 Å². The molecule has 2 aromatic rings. The first-order chi connectivity index (χ1) is 14.9. The minimum absolute atomic E-state index is 0.170. The average molecular weight is 440 g/mol. The molecule has 0 atom stereocenters. The summed E-state index contributed by atoms with van der Waals surface area (Å²) in [5.74, 6) is 1.31. The molecule has 0 aliphatic carbocycles. The zero-order valence-corrected chi connectivity index (χ0v) is 17.5. The molecule has 10 heteroatoms. The van der Waals surface area contributed by atoms with Crippen LogP contribution in [0.1, 0.15) is 18.1 Å². The third-order valence-electron chi connectivity index (χ3n) is 3.88. The summed E-state index contributed by atoms with van der Waals surface area (Å²) in [7, 11) is 1.61. The second kappa shape index (κ2) is 12.6. The zero-order chi connectivity index (χ0) is 22.5. The highest BCUT2D eigenvalue weighted by molar-refractivity contribution is 5.79. The largest absolute Gasteiger partial charge is 0.484 e. The van der Waals surface area contributed by atoms with E-state index in [0.29, 0.717) is 44.7 Å². The number of methoxy groups -OCH3 is 1. The van der Waals surface area contributed by atoms with Gasteiger partial charge in [0.2, 0.25) is 5.88 Å². The summed E-state index contributed by atoms with van der Waals surface area (Å²) in [5.41, 5.74) is 1.80. The van der Waals surface area contributed by atoms with Gasteiger partial charge in [-0.3, -0.25) is 0 Å². The maximum Gasteiger partial charge on any atom is 0.422 e. The SMILES string of the molecule is CCNC(=NCc1ccc(OCCOC)nc1)NCc1ccc(OCC(F)(F)F)cc1. The monoisotopic (exact) mass is 440 g/mol. The van der Waals surface area contributed by atoms with Crippen molar-refractivity contribution in [1.82, 2.24) is 15.6 Å². The minimum Gasteiger partial charge on any atom is -0.484 e. The van der Waals surface area contributed by atoms with Gasteiger partial charge in [-0.05, 0) is 30.2 Å². The first-order valence-electron chi connectivity index (χ1n) is 9.77. The van der Waals surface area contributed by atoms with Crippen molar-refractivity contribution in [2.24, 2.45) is 4.99 Å². The highest BCUT2D eigenvalue weighted by Crippen LogP contribution is 2.18. The second-order valence-corrected chi connectivity index (χ2v) is 6.44. The maximum atomic E-state index is 12.2. The topological polar surface area (TPSA) is 77.0 Å². The van der Waals surface area contributed by atoms with Gasteiger partial charge in [-0.2, -0.15) is 13.2 Å². The van der Waals surface area contributed by atoms with E-state index in [9.17, 15) is 13.2 Å². The van der Waals surface area contributed by atoms with Crippen LogP contribution >= 0.6 is 0 Å². The molecule has 1 heterocycles. The van der Waals surface area contributed by atoms with E-state index in [1.54, 1.807) is 31.5 Å². The van der Waals surface area contributed by atoms with E-state index in [2.05, 4.69) is 20.6 Å². The molecule has 0 radical (unpaired) electrons. The third-order valence-corrected chi connectivity index (χ3v) is 3.88. The first kappa shape index (κ1) is 24.3. The van der Waals surface area contributed by atoms with Crippen LogP contribution in [-0.4, -0.2) is 50.6 Å². The van der Waals surface area contributed by atoms with Gasteiger partial charge in [0.25, 0.3) is 0 Å². The average Bonchev–Trinajstić information content (AvgIpc) is 2.75. The van der Waals surface area contributed by atoms with Gasteiger partial charge in [-0.15, -0.1) is 0 Å². The molecule has 2 rings (SSSR count). The standard InChI is InChI=1S/C21H27F3N4O3/c1-3-25-20(28-14-17-6-9-19(26-13-17)30-11-10-29-2)27-12-16-4-7-18(8-5-16)31-15-21(22,23)24/h4-9,13H,3,10-12,14-15H2,1-2H3,(H2,25,27,28). The van der Waals surface area contributed by atoms with Crippen molar-refractivity contribution in [1.29, 1.82) is 0 Å². The number of aliphatic imine (C=N–C) groups is 1. The number of guanidine groups is 1. The van der Waals surface area contributed by atoms with Crippen LogP contribution in [0.5, 0.6) is 11.6 Å². The molecule has 0 saturated heterocycles. The summed E-state index contributed by atoms with van der Waals surface area (Å²) < 4.78 is 51.7. The Bertz CT molecular complexity index is 797. The van der Waals surface area contributed by atoms with E-state index in [0.717, 1.165) is 11.1 Å². The molecule has 0 saturated carbocycles. The lowest BCUT2D eigenvalue weighted by atomic mass is 10.2. The maximum absolute atomic E-state index is 12.2. The van der Waals surface area contributed by atoms with Gasteiger partial charge in [0.15, 0.2) is 12.6 Å². The number of halogens is 3. The van der Waals surface area contributed by atoms with Crippen molar-refractivity contribution in [2.45, 2.75) is 26.2 Å². The van der Waals surface area contributed by atoms with Crippen molar-refractivity contribution in [3.63, 3.8) is 0 Å². The van der Waals surface area contributed by atoms with Gasteiger partial charge in [0.1, 0.15) is 12.4 Å². The summed E-state index contributed by atoms with van der Waals surface area (Å²) in [5, 5.41) is 6.34. The van der Waals surface area contributed by atoms with Crippen LogP contribution in [0.15, 0.2) is 47.6 Å². The molecule has 0 amide bonds. The first-order valence-corrected chi connectivity index (χ1v) is 9.77. The van der Waals surface area contributed by atoms with Crippen molar-refractivity contribution >= 4 is 5.96 Å². The van der Waals surface area contributed by atoms with Crippen molar-refractivity contribution in [3.8, 4) is 11.6 Å². The second-order valence-electron chi connectivity index (χ2n) is 6.44. The van der Waals surface area contributed by atoms with Crippen LogP contribution < -0.4 is 20.1 Å². The Morgan fingerprint density at radius 1 is 1.00 bits per heavy atom. The summed E-state index contributed by atoms with van der Waals surface area (Å²) in [6.07, 6.45) is -2.65. The van der Waals surface area contributed by atoms with E-state index in [1.165, 1.54) is 12.1 Å². The molecule has 7 nitrogen and oxygen atoms in total. The number of pyridine rings is 1. The minimum atomic E-state index is -4.36. The number of hydrogen-bond donors (Lipinski definition) is 2. The number of rotatable bonds is 11. The van der Waals surface area contributed by atoms with E-state index in [-0.39, 0.29) is 5.75 Å². The summed E-state index contributed by atoms with van der Waals surface area (Å²) in [4.78, 5) is 8.76. The molecule has 0 spiro atoms. The van der Waals surface area contributed by atoms with Gasteiger partial charge >= 0.3 is 6.18 Å². The lowest BCUT2D eigenvalue weighted by Crippen LogP contribution is -2.36. The zero-order valence-electron chi connectivity index (χ0n) is 17.5. The number of hydrogen-bond acceptors (Lipinski definition) is 5. The normalized spacial score (nSPS) is 11.8. The molecule has 31 heavy (non-hydrogen) atoms. The number of alkyl halides is 3. The van der Waals surface area contributed by atoms with Crippen LogP contribution in [0.4, 0.5) is 13.2 Å². The molecule has 0 aliphatic rings. The van der Waals surface area contributed by atoms with Crippen LogP contribution in [0.2, 0.25) is 0 Å². The Labute approximate surface area is 179 Å². The molecular formula is C21H27F3N4O3. The van der Waals surface area contributed by atoms with Crippen LogP contribution in [0, 0.1) is 0 Å². The Morgan fingerprint density at radius 3 is 2.35 bits per heavy atom. The highest BCUT2D eigenvalue weighted by Gasteiger charge is 2.28. The molecule has 0 fully saturated rings. The number of nitrogens with zero attached hydrogens (tertiary/aromatic N) is 2. The Hall–Kier alpha value is -3.01. The quantitative estimate of drug-likeness (QED) is 0.317. The molecule has 1 aromatic heterocycles. The lowest BCUT2D eigenvalue weighted by molar-refractivity contribution is -0.153. The fraction of sp³-hybridized carbons (Fsp3) is 0.429. The highest BCUT2D eigenvalue weighted by atomic mass is 19.4. The third kappa shape index (κ3) is 10.0.